The maximum atomic E-state index is 11.9. The third kappa shape index (κ3) is 2.37. The number of carboxylic acids is 1. The maximum Gasteiger partial charge on any atom is 0.374 e. The standard InChI is InChI=1S/C10H10N4O4/c1-14(5-8-11-2-3-12-8)9(15)6-4-7(10(16)17)18-13-6/h2-4H,5H2,1H3,(H,11,12)(H,16,17). The van der Waals surface area contributed by atoms with Gasteiger partial charge in [0, 0.05) is 25.5 Å². The molecule has 94 valence electrons. The zero-order chi connectivity index (χ0) is 13.1. The van der Waals surface area contributed by atoms with E-state index in [-0.39, 0.29) is 18.0 Å². The summed E-state index contributed by atoms with van der Waals surface area (Å²) in [6.07, 6.45) is 3.22. The Balaban J connectivity index is 2.08. The number of hydrogen-bond acceptors (Lipinski definition) is 5. The van der Waals surface area contributed by atoms with Gasteiger partial charge in [-0.15, -0.1) is 0 Å². The van der Waals surface area contributed by atoms with Crippen molar-refractivity contribution in [3.05, 3.63) is 35.7 Å². The van der Waals surface area contributed by atoms with Crippen molar-refractivity contribution in [3.63, 3.8) is 0 Å². The van der Waals surface area contributed by atoms with Gasteiger partial charge in [0.25, 0.3) is 5.91 Å². The second-order valence-electron chi connectivity index (χ2n) is 3.58. The second-order valence-corrected chi connectivity index (χ2v) is 3.58. The van der Waals surface area contributed by atoms with Crippen molar-refractivity contribution in [1.82, 2.24) is 20.0 Å². The zero-order valence-corrected chi connectivity index (χ0v) is 9.45. The first-order valence-electron chi connectivity index (χ1n) is 5.01. The third-order valence-electron chi connectivity index (χ3n) is 2.23. The van der Waals surface area contributed by atoms with Gasteiger partial charge >= 0.3 is 5.97 Å². The van der Waals surface area contributed by atoms with Crippen LogP contribution in [0.5, 0.6) is 0 Å². The number of nitrogens with one attached hydrogen (secondary N) is 1. The zero-order valence-electron chi connectivity index (χ0n) is 9.45. The van der Waals surface area contributed by atoms with Gasteiger partial charge in [-0.1, -0.05) is 5.16 Å². The Labute approximate surface area is 101 Å². The molecule has 0 aliphatic carbocycles. The molecule has 2 aromatic rings. The van der Waals surface area contributed by atoms with Crippen LogP contribution in [0, 0.1) is 0 Å². The molecule has 0 unspecified atom stereocenters. The number of carbonyl (C=O) groups is 2. The smallest absolute Gasteiger partial charge is 0.374 e. The molecule has 0 fully saturated rings. The molecule has 2 rings (SSSR count). The van der Waals surface area contributed by atoms with Gasteiger partial charge in [-0.25, -0.2) is 9.78 Å². The molecule has 0 aromatic carbocycles. The summed E-state index contributed by atoms with van der Waals surface area (Å²) in [5.74, 6) is -1.46. The molecule has 8 heteroatoms. The van der Waals surface area contributed by atoms with Crippen molar-refractivity contribution in [2.75, 3.05) is 7.05 Å². The van der Waals surface area contributed by atoms with Crippen molar-refractivity contribution in [2.24, 2.45) is 0 Å². The number of hydrogen-bond donors (Lipinski definition) is 2. The van der Waals surface area contributed by atoms with Gasteiger partial charge in [-0.05, 0) is 0 Å². The van der Waals surface area contributed by atoms with Gasteiger partial charge in [0.15, 0.2) is 5.69 Å². The SMILES string of the molecule is CN(Cc1ncc[nH]1)C(=O)c1cc(C(=O)O)on1. The Morgan fingerprint density at radius 1 is 1.56 bits per heavy atom. The molecule has 0 atom stereocenters. The van der Waals surface area contributed by atoms with Crippen LogP contribution in [0.25, 0.3) is 0 Å². The van der Waals surface area contributed by atoms with Crippen LogP contribution in [0.1, 0.15) is 26.9 Å². The fourth-order valence-electron chi connectivity index (χ4n) is 1.35. The van der Waals surface area contributed by atoms with Gasteiger partial charge < -0.3 is 19.5 Å². The highest BCUT2D eigenvalue weighted by atomic mass is 16.5. The lowest BCUT2D eigenvalue weighted by atomic mass is 10.3. The van der Waals surface area contributed by atoms with Crippen molar-refractivity contribution in [2.45, 2.75) is 6.54 Å². The first-order valence-corrected chi connectivity index (χ1v) is 5.01. The minimum absolute atomic E-state index is 0.0542. The maximum absolute atomic E-state index is 11.9. The average molecular weight is 250 g/mol. The average Bonchev–Trinajstić information content (AvgIpc) is 2.98. The number of amides is 1. The summed E-state index contributed by atoms with van der Waals surface area (Å²) < 4.78 is 4.51. The molecule has 2 heterocycles. The van der Waals surface area contributed by atoms with E-state index in [0.29, 0.717) is 5.82 Å². The molecule has 2 aromatic heterocycles. The van der Waals surface area contributed by atoms with Crippen LogP contribution < -0.4 is 0 Å². The number of imidazole rings is 1. The molecule has 0 aliphatic rings. The molecule has 0 saturated carbocycles. The molecular formula is C10H10N4O4. The summed E-state index contributed by atoms with van der Waals surface area (Å²) in [7, 11) is 1.56. The van der Waals surface area contributed by atoms with Gasteiger partial charge in [0.2, 0.25) is 5.76 Å². The molecule has 0 radical (unpaired) electrons. The first-order chi connectivity index (χ1) is 8.58. The number of nitrogens with zero attached hydrogens (tertiary/aromatic N) is 3. The molecule has 0 bridgehead atoms. The summed E-state index contributed by atoms with van der Waals surface area (Å²) in [5, 5.41) is 12.1. The summed E-state index contributed by atoms with van der Waals surface area (Å²) in [6, 6.07) is 1.09. The van der Waals surface area contributed by atoms with E-state index in [1.54, 1.807) is 19.4 Å². The summed E-state index contributed by atoms with van der Waals surface area (Å²) in [4.78, 5) is 30.6. The van der Waals surface area contributed by atoms with Gasteiger partial charge in [-0.3, -0.25) is 4.79 Å². The largest absolute Gasteiger partial charge is 0.475 e. The number of carboxylic acid groups (broad SMARTS) is 1. The first kappa shape index (κ1) is 11.8. The Hall–Kier alpha value is -2.64. The van der Waals surface area contributed by atoms with Gasteiger partial charge in [0.1, 0.15) is 5.82 Å². The van der Waals surface area contributed by atoms with E-state index in [9.17, 15) is 9.59 Å². The van der Waals surface area contributed by atoms with E-state index in [2.05, 4.69) is 19.6 Å². The Bertz CT molecular complexity index is 560. The normalized spacial score (nSPS) is 10.3. The number of aromatic nitrogens is 3. The van der Waals surface area contributed by atoms with Crippen molar-refractivity contribution < 1.29 is 19.2 Å². The van der Waals surface area contributed by atoms with Crippen LogP contribution in [-0.4, -0.2) is 44.1 Å². The van der Waals surface area contributed by atoms with E-state index in [0.717, 1.165) is 6.07 Å². The fraction of sp³-hybridized carbons (Fsp3) is 0.200. The summed E-state index contributed by atoms with van der Waals surface area (Å²) in [5.41, 5.74) is -0.0542. The van der Waals surface area contributed by atoms with Crippen molar-refractivity contribution >= 4 is 11.9 Å². The molecule has 0 aliphatic heterocycles. The number of aromatic amines is 1. The Kier molecular flexibility index (Phi) is 3.09. The van der Waals surface area contributed by atoms with Crippen LogP contribution in [0.3, 0.4) is 0 Å². The molecule has 8 nitrogen and oxygen atoms in total. The van der Waals surface area contributed by atoms with Crippen LogP contribution in [0.4, 0.5) is 0 Å². The van der Waals surface area contributed by atoms with E-state index in [1.807, 2.05) is 0 Å². The monoisotopic (exact) mass is 250 g/mol. The topological polar surface area (TPSA) is 112 Å². The number of H-pyrrole nitrogens is 1. The molecular weight excluding hydrogens is 240 g/mol. The predicted molar refractivity (Wildman–Crippen MR) is 57.8 cm³/mol. The minimum atomic E-state index is -1.27. The minimum Gasteiger partial charge on any atom is -0.475 e. The van der Waals surface area contributed by atoms with E-state index in [1.165, 1.54) is 4.90 Å². The third-order valence-corrected chi connectivity index (χ3v) is 2.23. The fourth-order valence-corrected chi connectivity index (χ4v) is 1.35. The summed E-state index contributed by atoms with van der Waals surface area (Å²) >= 11 is 0. The quantitative estimate of drug-likeness (QED) is 0.810. The van der Waals surface area contributed by atoms with Gasteiger partial charge in [0.05, 0.1) is 6.54 Å². The van der Waals surface area contributed by atoms with Crippen LogP contribution in [0.2, 0.25) is 0 Å². The molecule has 2 N–H and O–H groups in total. The lowest BCUT2D eigenvalue weighted by molar-refractivity contribution is 0.0649. The van der Waals surface area contributed by atoms with Crippen LogP contribution in [0.15, 0.2) is 23.0 Å². The van der Waals surface area contributed by atoms with Crippen molar-refractivity contribution in [1.29, 1.82) is 0 Å². The molecule has 0 saturated heterocycles. The number of aromatic carboxylic acids is 1. The predicted octanol–water partition coefficient (Wildman–Crippen LogP) is 0.368. The lowest BCUT2D eigenvalue weighted by Crippen LogP contribution is -2.26. The van der Waals surface area contributed by atoms with E-state index >= 15 is 0 Å². The van der Waals surface area contributed by atoms with Crippen molar-refractivity contribution in [3.8, 4) is 0 Å². The Morgan fingerprint density at radius 2 is 2.33 bits per heavy atom. The van der Waals surface area contributed by atoms with E-state index in [4.69, 9.17) is 5.11 Å². The highest BCUT2D eigenvalue weighted by molar-refractivity contribution is 5.94. The second kappa shape index (κ2) is 4.70. The summed E-state index contributed by atoms with van der Waals surface area (Å²) in [6.45, 7) is 0.265. The molecule has 18 heavy (non-hydrogen) atoms. The molecule has 0 spiro atoms. The Morgan fingerprint density at radius 3 is 2.89 bits per heavy atom. The highest BCUT2D eigenvalue weighted by Crippen LogP contribution is 2.07. The van der Waals surface area contributed by atoms with Crippen LogP contribution in [-0.2, 0) is 6.54 Å². The van der Waals surface area contributed by atoms with Gasteiger partial charge in [-0.2, -0.15) is 0 Å². The number of carbonyl (C=O) groups excluding carboxylic acids is 1. The highest BCUT2D eigenvalue weighted by Gasteiger charge is 2.20. The lowest BCUT2D eigenvalue weighted by Gasteiger charge is -2.13. The molecule has 1 amide bonds. The van der Waals surface area contributed by atoms with E-state index < -0.39 is 11.9 Å². The number of rotatable bonds is 4. The van der Waals surface area contributed by atoms with Crippen LogP contribution >= 0.6 is 0 Å².